The zero-order valence-corrected chi connectivity index (χ0v) is 8.71. The highest BCUT2D eigenvalue weighted by Gasteiger charge is 2.56. The Balaban J connectivity index is 2.32. The molecule has 0 N–H and O–H groups in total. The van der Waals surface area contributed by atoms with E-state index in [-0.39, 0.29) is 12.6 Å². The lowest BCUT2D eigenvalue weighted by molar-refractivity contribution is -0.304. The Hall–Kier alpha value is -0.610. The average molecular weight is 198 g/mol. The molecule has 1 aliphatic carbocycles. The third kappa shape index (κ3) is 1.17. The van der Waals surface area contributed by atoms with E-state index in [0.29, 0.717) is 12.8 Å². The molecule has 1 spiro atoms. The van der Waals surface area contributed by atoms with Crippen molar-refractivity contribution < 1.29 is 14.7 Å². The zero-order valence-electron chi connectivity index (χ0n) is 8.71. The number of carbonyl (C=O) groups is 1. The molecule has 1 aliphatic heterocycles. The molecular weight excluding hydrogens is 182 g/mol. The number of hydroxylamine groups is 2. The summed E-state index contributed by atoms with van der Waals surface area (Å²) in [6.45, 7) is 3.86. The molecule has 0 aromatic carbocycles. The van der Waals surface area contributed by atoms with E-state index in [4.69, 9.17) is 4.74 Å². The Morgan fingerprint density at radius 1 is 1.29 bits per heavy atom. The molecule has 1 saturated heterocycles. The summed E-state index contributed by atoms with van der Waals surface area (Å²) in [6.07, 6.45) is 3.20. The van der Waals surface area contributed by atoms with Gasteiger partial charge in [0, 0.05) is 0 Å². The Morgan fingerprint density at radius 3 is 2.43 bits per heavy atom. The summed E-state index contributed by atoms with van der Waals surface area (Å²) in [5.41, 5.74) is -1.43. The summed E-state index contributed by atoms with van der Waals surface area (Å²) in [4.78, 5) is 11.7. The molecule has 0 amide bonds. The van der Waals surface area contributed by atoms with E-state index in [1.807, 2.05) is 13.8 Å². The zero-order chi connectivity index (χ0) is 10.4. The Bertz CT molecular complexity index is 256. The summed E-state index contributed by atoms with van der Waals surface area (Å²) >= 11 is 0. The molecule has 2 rings (SSSR count). The van der Waals surface area contributed by atoms with Crippen molar-refractivity contribution in [2.24, 2.45) is 0 Å². The number of cyclic esters (lactones) is 1. The number of esters is 1. The van der Waals surface area contributed by atoms with Crippen molar-refractivity contribution in [1.82, 2.24) is 5.06 Å². The summed E-state index contributed by atoms with van der Waals surface area (Å²) in [5.74, 6) is -0.315. The highest BCUT2D eigenvalue weighted by atomic mass is 16.6. The molecule has 0 aromatic heterocycles. The topological polar surface area (TPSA) is 49.4 Å². The second-order valence-electron chi connectivity index (χ2n) is 4.92. The van der Waals surface area contributed by atoms with Gasteiger partial charge in [-0.05, 0) is 26.7 Å². The molecular formula is C10H16NO3. The lowest BCUT2D eigenvalue weighted by Gasteiger charge is -2.46. The maximum absolute atomic E-state index is 12.1. The number of hydrogen-bond acceptors (Lipinski definition) is 3. The largest absolute Gasteiger partial charge is 0.462 e. The van der Waals surface area contributed by atoms with Crippen molar-refractivity contribution in [1.29, 1.82) is 0 Å². The van der Waals surface area contributed by atoms with Gasteiger partial charge in [-0.25, -0.2) is 4.79 Å². The van der Waals surface area contributed by atoms with E-state index in [9.17, 15) is 10.0 Å². The van der Waals surface area contributed by atoms with Crippen molar-refractivity contribution >= 4 is 5.97 Å². The first-order valence-electron chi connectivity index (χ1n) is 5.14. The van der Waals surface area contributed by atoms with Gasteiger partial charge in [0.2, 0.25) is 0 Å². The van der Waals surface area contributed by atoms with Crippen LogP contribution >= 0.6 is 0 Å². The van der Waals surface area contributed by atoms with Crippen molar-refractivity contribution in [3.8, 4) is 0 Å². The SMILES string of the molecule is CC1(C)COC(=O)C2(CCCC2)N1[O]. The molecule has 0 atom stereocenters. The van der Waals surface area contributed by atoms with Gasteiger partial charge in [0.15, 0.2) is 0 Å². The van der Waals surface area contributed by atoms with Gasteiger partial charge in [-0.1, -0.05) is 12.8 Å². The van der Waals surface area contributed by atoms with Gasteiger partial charge in [0.1, 0.15) is 12.1 Å². The minimum absolute atomic E-state index is 0.205. The van der Waals surface area contributed by atoms with Crippen LogP contribution in [0.2, 0.25) is 0 Å². The highest BCUT2D eigenvalue weighted by molar-refractivity contribution is 5.82. The minimum atomic E-state index is -0.859. The van der Waals surface area contributed by atoms with Crippen molar-refractivity contribution in [2.75, 3.05) is 6.61 Å². The fourth-order valence-electron chi connectivity index (χ4n) is 2.46. The Kier molecular flexibility index (Phi) is 2.08. The second-order valence-corrected chi connectivity index (χ2v) is 4.92. The van der Waals surface area contributed by atoms with Crippen molar-refractivity contribution in [3.63, 3.8) is 0 Å². The summed E-state index contributed by atoms with van der Waals surface area (Å²) in [6, 6.07) is 0. The molecule has 2 fully saturated rings. The van der Waals surface area contributed by atoms with Crippen LogP contribution in [0.25, 0.3) is 0 Å². The molecule has 1 saturated carbocycles. The van der Waals surface area contributed by atoms with Gasteiger partial charge >= 0.3 is 5.97 Å². The van der Waals surface area contributed by atoms with E-state index in [1.54, 1.807) is 0 Å². The molecule has 14 heavy (non-hydrogen) atoms. The van der Waals surface area contributed by atoms with E-state index in [1.165, 1.54) is 0 Å². The number of morpholine rings is 1. The quantitative estimate of drug-likeness (QED) is 0.551. The molecule has 0 bridgehead atoms. The predicted molar refractivity (Wildman–Crippen MR) is 48.8 cm³/mol. The van der Waals surface area contributed by atoms with Crippen molar-refractivity contribution in [2.45, 2.75) is 50.6 Å². The molecule has 0 unspecified atom stereocenters. The van der Waals surface area contributed by atoms with Crippen LogP contribution in [0.4, 0.5) is 0 Å². The van der Waals surface area contributed by atoms with Crippen LogP contribution in [0.5, 0.6) is 0 Å². The first-order valence-corrected chi connectivity index (χ1v) is 5.14. The maximum atomic E-state index is 12.1. The van der Waals surface area contributed by atoms with Crippen LogP contribution < -0.4 is 0 Å². The summed E-state index contributed by atoms with van der Waals surface area (Å²) < 4.78 is 5.12. The number of ether oxygens (including phenoxy) is 1. The Morgan fingerprint density at radius 2 is 1.86 bits per heavy atom. The van der Waals surface area contributed by atoms with Gasteiger partial charge in [0.05, 0.1) is 5.54 Å². The third-order valence-corrected chi connectivity index (χ3v) is 3.31. The van der Waals surface area contributed by atoms with E-state index in [0.717, 1.165) is 17.9 Å². The average Bonchev–Trinajstić information content (AvgIpc) is 2.60. The van der Waals surface area contributed by atoms with Crippen molar-refractivity contribution in [3.05, 3.63) is 0 Å². The van der Waals surface area contributed by atoms with Gasteiger partial charge in [-0.15, -0.1) is 10.3 Å². The number of carbonyl (C=O) groups excluding carboxylic acids is 1. The van der Waals surface area contributed by atoms with Crippen LogP contribution in [0.15, 0.2) is 0 Å². The molecule has 1 heterocycles. The fourth-order valence-corrected chi connectivity index (χ4v) is 2.46. The van der Waals surface area contributed by atoms with Gasteiger partial charge in [-0.3, -0.25) is 0 Å². The number of nitrogens with zero attached hydrogens (tertiary/aromatic N) is 1. The smallest absolute Gasteiger partial charge is 0.329 e. The standard InChI is InChI=1S/C10H16NO3/c1-9(2)7-14-8(12)10(11(9)13)5-3-4-6-10/h3-7H2,1-2H3. The Labute approximate surface area is 83.8 Å². The van der Waals surface area contributed by atoms with Crippen LogP contribution in [0, 0.1) is 0 Å². The van der Waals surface area contributed by atoms with Crippen LogP contribution in [0.1, 0.15) is 39.5 Å². The first-order chi connectivity index (χ1) is 6.49. The van der Waals surface area contributed by atoms with Crippen LogP contribution in [0.3, 0.4) is 0 Å². The molecule has 1 radical (unpaired) electrons. The maximum Gasteiger partial charge on any atom is 0.329 e. The summed E-state index contributed by atoms with van der Waals surface area (Å²) in [7, 11) is 0. The highest BCUT2D eigenvalue weighted by Crippen LogP contribution is 2.42. The molecule has 4 nitrogen and oxygen atoms in total. The lowest BCUT2D eigenvalue weighted by Crippen LogP contribution is -2.65. The van der Waals surface area contributed by atoms with E-state index >= 15 is 0 Å². The van der Waals surface area contributed by atoms with Gasteiger partial charge in [0.25, 0.3) is 0 Å². The second kappa shape index (κ2) is 2.94. The molecule has 79 valence electrons. The van der Waals surface area contributed by atoms with E-state index < -0.39 is 11.1 Å². The molecule has 0 aromatic rings. The van der Waals surface area contributed by atoms with E-state index in [2.05, 4.69) is 0 Å². The lowest BCUT2D eigenvalue weighted by atomic mass is 9.89. The predicted octanol–water partition coefficient (Wildman–Crippen LogP) is 1.28. The monoisotopic (exact) mass is 198 g/mol. The summed E-state index contributed by atoms with van der Waals surface area (Å²) in [5, 5.41) is 13.1. The minimum Gasteiger partial charge on any atom is -0.462 e. The number of rotatable bonds is 0. The molecule has 4 heteroatoms. The van der Waals surface area contributed by atoms with Gasteiger partial charge < -0.3 is 4.74 Å². The first kappa shape index (κ1) is 9.93. The number of hydrogen-bond donors (Lipinski definition) is 0. The normalized spacial score (nSPS) is 30.6. The van der Waals surface area contributed by atoms with Gasteiger partial charge in [-0.2, -0.15) is 0 Å². The molecule has 2 aliphatic rings. The third-order valence-electron chi connectivity index (χ3n) is 3.31. The van der Waals surface area contributed by atoms with Crippen LogP contribution in [-0.4, -0.2) is 28.7 Å². The van der Waals surface area contributed by atoms with Crippen LogP contribution in [-0.2, 0) is 14.7 Å². The fraction of sp³-hybridized carbons (Fsp3) is 0.900.